The van der Waals surface area contributed by atoms with E-state index < -0.39 is 0 Å². The van der Waals surface area contributed by atoms with E-state index >= 15 is 0 Å². The number of aryl methyl sites for hydroxylation is 1. The predicted octanol–water partition coefficient (Wildman–Crippen LogP) is 1.80. The highest BCUT2D eigenvalue weighted by molar-refractivity contribution is 7.11. The molecule has 1 aliphatic heterocycles. The van der Waals surface area contributed by atoms with Crippen molar-refractivity contribution in [3.05, 3.63) is 37.9 Å². The highest BCUT2D eigenvalue weighted by Crippen LogP contribution is 2.38. The van der Waals surface area contributed by atoms with E-state index in [4.69, 9.17) is 14.2 Å². The van der Waals surface area contributed by atoms with Gasteiger partial charge < -0.3 is 24.1 Å². The summed E-state index contributed by atoms with van der Waals surface area (Å²) in [6.07, 6.45) is 0.343. The second-order valence-electron chi connectivity index (χ2n) is 7.19. The van der Waals surface area contributed by atoms with Crippen molar-refractivity contribution in [2.45, 2.75) is 13.3 Å². The van der Waals surface area contributed by atoms with E-state index in [0.29, 0.717) is 72.5 Å². The number of H-pyrrole nitrogens is 1. The number of carbonyl (C=O) groups is 2. The lowest BCUT2D eigenvalue weighted by Gasteiger charge is -2.34. The third-order valence-electron chi connectivity index (χ3n) is 5.30. The number of piperazine rings is 1. The first-order valence-corrected chi connectivity index (χ1v) is 10.7. The number of amides is 1. The maximum atomic E-state index is 13.0. The zero-order valence-electron chi connectivity index (χ0n) is 18.1. The van der Waals surface area contributed by atoms with Crippen molar-refractivity contribution >= 4 is 23.0 Å². The minimum atomic E-state index is -0.209. The number of ether oxygens (including phenoxy) is 3. The first kappa shape index (κ1) is 22.8. The monoisotopic (exact) mass is 449 g/mol. The minimum Gasteiger partial charge on any atom is -0.493 e. The number of rotatable bonds is 8. The molecule has 1 aromatic heterocycles. The quantitative estimate of drug-likeness (QED) is 0.613. The van der Waals surface area contributed by atoms with E-state index in [9.17, 15) is 14.4 Å². The second kappa shape index (κ2) is 9.97. The van der Waals surface area contributed by atoms with E-state index in [1.54, 1.807) is 24.0 Å². The van der Waals surface area contributed by atoms with Crippen LogP contribution in [0.15, 0.2) is 16.9 Å². The summed E-state index contributed by atoms with van der Waals surface area (Å²) in [5.41, 5.74) is 1.09. The molecule has 1 aliphatic rings. The van der Waals surface area contributed by atoms with Crippen LogP contribution in [0.2, 0.25) is 0 Å². The van der Waals surface area contributed by atoms with E-state index in [2.05, 4.69) is 9.88 Å². The van der Waals surface area contributed by atoms with Gasteiger partial charge in [0.1, 0.15) is 0 Å². The van der Waals surface area contributed by atoms with Gasteiger partial charge in [0.25, 0.3) is 5.91 Å². The highest BCUT2D eigenvalue weighted by Gasteiger charge is 2.25. The Morgan fingerprint density at radius 3 is 2.13 bits per heavy atom. The van der Waals surface area contributed by atoms with Crippen LogP contribution in [-0.2, 0) is 0 Å². The first-order chi connectivity index (χ1) is 14.9. The highest BCUT2D eigenvalue weighted by atomic mass is 32.1. The number of nitrogens with one attached hydrogen (secondary N) is 1. The molecule has 1 N–H and O–H groups in total. The topological polar surface area (TPSA) is 101 Å². The molecule has 1 amide bonds. The van der Waals surface area contributed by atoms with Crippen LogP contribution in [0.3, 0.4) is 0 Å². The summed E-state index contributed by atoms with van der Waals surface area (Å²) in [4.78, 5) is 43.6. The van der Waals surface area contributed by atoms with Gasteiger partial charge in [-0.15, -0.1) is 0 Å². The number of methoxy groups -OCH3 is 3. The van der Waals surface area contributed by atoms with Crippen LogP contribution in [0.25, 0.3) is 0 Å². The lowest BCUT2D eigenvalue weighted by atomic mass is 10.1. The number of nitrogens with zero attached hydrogens (tertiary/aromatic N) is 2. The summed E-state index contributed by atoms with van der Waals surface area (Å²) in [5, 5.41) is 0. The van der Waals surface area contributed by atoms with Gasteiger partial charge in [0.2, 0.25) is 5.75 Å². The van der Waals surface area contributed by atoms with Crippen molar-refractivity contribution in [3.8, 4) is 17.2 Å². The molecule has 0 bridgehead atoms. The third-order valence-corrected chi connectivity index (χ3v) is 6.33. The molecule has 0 saturated carbocycles. The van der Waals surface area contributed by atoms with Crippen LogP contribution >= 0.6 is 11.3 Å². The van der Waals surface area contributed by atoms with Gasteiger partial charge in [-0.05, 0) is 19.1 Å². The summed E-state index contributed by atoms with van der Waals surface area (Å²) in [6, 6.07) is 3.30. The Balaban J connectivity index is 1.58. The number of benzene rings is 1. The van der Waals surface area contributed by atoms with Gasteiger partial charge in [0.05, 0.1) is 26.2 Å². The molecular weight excluding hydrogens is 422 g/mol. The Labute approximate surface area is 184 Å². The fourth-order valence-electron chi connectivity index (χ4n) is 3.61. The Morgan fingerprint density at radius 2 is 1.65 bits per heavy atom. The normalized spacial score (nSPS) is 14.4. The van der Waals surface area contributed by atoms with Crippen LogP contribution < -0.4 is 19.1 Å². The number of aromatic nitrogens is 1. The molecule has 0 aliphatic carbocycles. The number of hydrogen-bond acceptors (Lipinski definition) is 8. The average molecular weight is 450 g/mol. The molecule has 10 heteroatoms. The Bertz CT molecular complexity index is 982. The lowest BCUT2D eigenvalue weighted by Crippen LogP contribution is -2.49. The Morgan fingerprint density at radius 1 is 1.03 bits per heavy atom. The second-order valence-corrected chi connectivity index (χ2v) is 8.17. The van der Waals surface area contributed by atoms with Crippen molar-refractivity contribution in [1.29, 1.82) is 0 Å². The first-order valence-electron chi connectivity index (χ1n) is 9.92. The molecule has 1 aromatic carbocycles. The smallest absolute Gasteiger partial charge is 0.305 e. The van der Waals surface area contributed by atoms with Gasteiger partial charge >= 0.3 is 4.87 Å². The van der Waals surface area contributed by atoms with E-state index in [0.717, 1.165) is 11.3 Å². The van der Waals surface area contributed by atoms with Crippen molar-refractivity contribution in [3.63, 3.8) is 0 Å². The van der Waals surface area contributed by atoms with Gasteiger partial charge in [0.15, 0.2) is 17.3 Å². The standard InChI is InChI=1S/C21H27N3O6S/c1-13-19(31-21(27)22-13)15(25)5-6-23-7-9-24(10-8-23)20(26)14-11-16(28-2)18(30-4)17(12-14)29-3/h11-12H,5-10H2,1-4H3,(H,22,27). The summed E-state index contributed by atoms with van der Waals surface area (Å²) in [5.74, 6) is 1.17. The van der Waals surface area contributed by atoms with Crippen LogP contribution in [-0.4, -0.2) is 80.5 Å². The lowest BCUT2D eigenvalue weighted by molar-refractivity contribution is 0.0627. The molecule has 1 saturated heterocycles. The van der Waals surface area contributed by atoms with E-state index in [-0.39, 0.29) is 16.6 Å². The number of Topliss-reactive ketones (excluding diaryl/α,β-unsaturated/α-hetero) is 1. The maximum Gasteiger partial charge on any atom is 0.305 e. The Kier molecular flexibility index (Phi) is 7.34. The summed E-state index contributed by atoms with van der Waals surface area (Å²) in [7, 11) is 4.54. The summed E-state index contributed by atoms with van der Waals surface area (Å²) in [6.45, 7) is 4.78. The van der Waals surface area contributed by atoms with Crippen LogP contribution in [0.4, 0.5) is 0 Å². The molecule has 0 atom stereocenters. The average Bonchev–Trinajstić information content (AvgIpc) is 3.14. The third kappa shape index (κ3) is 5.08. The molecule has 9 nitrogen and oxygen atoms in total. The van der Waals surface area contributed by atoms with Gasteiger partial charge in [-0.2, -0.15) is 0 Å². The van der Waals surface area contributed by atoms with Crippen LogP contribution in [0.1, 0.15) is 32.1 Å². The molecular formula is C21H27N3O6S. The van der Waals surface area contributed by atoms with Crippen LogP contribution in [0.5, 0.6) is 17.2 Å². The molecule has 0 spiro atoms. The van der Waals surface area contributed by atoms with Gasteiger partial charge in [-0.3, -0.25) is 19.3 Å². The largest absolute Gasteiger partial charge is 0.493 e. The van der Waals surface area contributed by atoms with Crippen molar-refractivity contribution in [1.82, 2.24) is 14.8 Å². The van der Waals surface area contributed by atoms with Gasteiger partial charge in [-0.1, -0.05) is 11.3 Å². The van der Waals surface area contributed by atoms with Gasteiger partial charge in [-0.25, -0.2) is 0 Å². The molecule has 31 heavy (non-hydrogen) atoms. The molecule has 168 valence electrons. The van der Waals surface area contributed by atoms with Crippen molar-refractivity contribution < 1.29 is 23.8 Å². The predicted molar refractivity (Wildman–Crippen MR) is 117 cm³/mol. The Hall–Kier alpha value is -2.85. The number of thiazole rings is 1. The molecule has 2 aromatic rings. The molecule has 0 unspecified atom stereocenters. The molecule has 1 fully saturated rings. The van der Waals surface area contributed by atoms with Crippen LogP contribution in [0, 0.1) is 6.92 Å². The fraction of sp³-hybridized carbons (Fsp3) is 0.476. The summed E-state index contributed by atoms with van der Waals surface area (Å²) < 4.78 is 16.0. The van der Waals surface area contributed by atoms with E-state index in [1.165, 1.54) is 21.3 Å². The zero-order valence-corrected chi connectivity index (χ0v) is 19.0. The van der Waals surface area contributed by atoms with E-state index in [1.807, 2.05) is 0 Å². The fourth-order valence-corrected chi connectivity index (χ4v) is 4.42. The molecule has 0 radical (unpaired) electrons. The van der Waals surface area contributed by atoms with Crippen molar-refractivity contribution in [2.75, 3.05) is 54.1 Å². The summed E-state index contributed by atoms with van der Waals surface area (Å²) >= 11 is 0.958. The zero-order chi connectivity index (χ0) is 22.5. The number of carbonyl (C=O) groups excluding carboxylic acids is 2. The maximum absolute atomic E-state index is 13.0. The minimum absolute atomic E-state index is 0.0308. The molecule has 2 heterocycles. The SMILES string of the molecule is COc1cc(C(=O)N2CCN(CCC(=O)c3sc(=O)[nH]c3C)CC2)cc(OC)c1OC. The number of hydrogen-bond donors (Lipinski definition) is 1. The number of ketones is 1. The van der Waals surface area contributed by atoms with Crippen molar-refractivity contribution in [2.24, 2.45) is 0 Å². The molecule has 3 rings (SSSR count). The number of aromatic amines is 1. The van der Waals surface area contributed by atoms with Gasteiger partial charge in [0, 0.05) is 50.4 Å².